The predicted molar refractivity (Wildman–Crippen MR) is 223 cm³/mol. The molecule has 0 unspecified atom stereocenters. The van der Waals surface area contributed by atoms with E-state index >= 15 is 0 Å². The van der Waals surface area contributed by atoms with E-state index in [1.165, 1.54) is 0 Å². The first-order chi connectivity index (χ1) is 27.9. The van der Waals surface area contributed by atoms with Gasteiger partial charge in [-0.1, -0.05) is 36.4 Å². The van der Waals surface area contributed by atoms with E-state index in [4.69, 9.17) is 28.7 Å². The molecule has 0 radical (unpaired) electrons. The number of hydrogen-bond acceptors (Lipinski definition) is 9. The number of aromatic nitrogens is 2. The summed E-state index contributed by atoms with van der Waals surface area (Å²) in [7, 11) is 0. The first-order valence-electron chi connectivity index (χ1n) is 19.7. The van der Waals surface area contributed by atoms with Crippen molar-refractivity contribution in [2.45, 2.75) is 94.4 Å². The number of rotatable bonds is 25. The summed E-state index contributed by atoms with van der Waals surface area (Å²) in [6.07, 6.45) is 6.64. The fraction of sp³-hybridized carbons (Fsp3) is 0.450. The first-order valence-corrected chi connectivity index (χ1v) is 19.7. The lowest BCUT2D eigenvalue weighted by Crippen LogP contribution is -2.59. The quantitative estimate of drug-likeness (QED) is 0.0242. The van der Waals surface area contributed by atoms with Gasteiger partial charge in [0.2, 0.25) is 23.6 Å². The fourth-order valence-corrected chi connectivity index (χ4v) is 6.72. The number of para-hydroxylation sites is 2. The molecule has 17 N–H and O–H groups in total. The number of carboxylic acids is 1. The summed E-state index contributed by atoms with van der Waals surface area (Å²) in [5.74, 6) is -3.91. The second kappa shape index (κ2) is 22.7. The summed E-state index contributed by atoms with van der Waals surface area (Å²) < 4.78 is 0. The second-order valence-corrected chi connectivity index (χ2v) is 14.3. The number of nitrogens with zero attached hydrogens (tertiary/aromatic N) is 1. The Hall–Kier alpha value is -5.98. The van der Waals surface area contributed by atoms with Gasteiger partial charge in [0, 0.05) is 53.6 Å². The van der Waals surface area contributed by atoms with Gasteiger partial charge < -0.3 is 65.0 Å². The number of carboxylic acid groups (broad SMARTS) is 1. The molecule has 0 aliphatic heterocycles. The van der Waals surface area contributed by atoms with Gasteiger partial charge in [-0.2, -0.15) is 0 Å². The zero-order valence-electron chi connectivity index (χ0n) is 32.7. The van der Waals surface area contributed by atoms with Crippen LogP contribution < -0.4 is 49.9 Å². The third-order valence-electron chi connectivity index (χ3n) is 9.91. The van der Waals surface area contributed by atoms with Gasteiger partial charge in [0.25, 0.3) is 0 Å². The highest BCUT2D eigenvalue weighted by Gasteiger charge is 2.33. The summed E-state index contributed by atoms with van der Waals surface area (Å²) in [5, 5.41) is 22.6. The maximum atomic E-state index is 14.5. The topological polar surface area (TPSA) is 328 Å². The van der Waals surface area contributed by atoms with Gasteiger partial charge >= 0.3 is 5.97 Å². The minimum Gasteiger partial charge on any atom is -0.480 e. The van der Waals surface area contributed by atoms with Crippen molar-refractivity contribution in [3.05, 3.63) is 72.1 Å². The highest BCUT2D eigenvalue weighted by Crippen LogP contribution is 2.21. The molecule has 4 aromatic rings. The molecule has 0 saturated carbocycles. The van der Waals surface area contributed by atoms with Crippen LogP contribution in [0.1, 0.15) is 62.5 Å². The normalized spacial score (nSPS) is 13.8. The molecule has 4 rings (SSSR count). The molecule has 2 aromatic carbocycles. The van der Waals surface area contributed by atoms with Crippen molar-refractivity contribution < 1.29 is 29.1 Å². The van der Waals surface area contributed by atoms with E-state index in [9.17, 15) is 29.1 Å². The van der Waals surface area contributed by atoms with Crippen molar-refractivity contribution in [1.29, 1.82) is 0 Å². The monoisotopic (exact) mass is 802 g/mol. The Morgan fingerprint density at radius 2 is 1.05 bits per heavy atom. The van der Waals surface area contributed by atoms with Gasteiger partial charge in [-0.05, 0) is 87.7 Å². The summed E-state index contributed by atoms with van der Waals surface area (Å²) in [6, 6.07) is 9.19. The first kappa shape index (κ1) is 44.7. The van der Waals surface area contributed by atoms with E-state index in [0.717, 1.165) is 21.8 Å². The van der Waals surface area contributed by atoms with Crippen molar-refractivity contribution in [1.82, 2.24) is 31.2 Å². The van der Waals surface area contributed by atoms with Gasteiger partial charge in [-0.15, -0.1) is 0 Å². The molecule has 0 fully saturated rings. The number of amides is 4. The van der Waals surface area contributed by atoms with Crippen LogP contribution >= 0.6 is 0 Å². The lowest BCUT2D eigenvalue weighted by Gasteiger charge is -2.26. The van der Waals surface area contributed by atoms with E-state index in [1.807, 2.05) is 48.5 Å². The van der Waals surface area contributed by atoms with E-state index in [2.05, 4.69) is 36.2 Å². The maximum Gasteiger partial charge on any atom is 0.326 e. The molecule has 314 valence electrons. The average Bonchev–Trinajstić information content (AvgIpc) is 3.81. The molecule has 0 bridgehead atoms. The Morgan fingerprint density at radius 3 is 1.53 bits per heavy atom. The SMILES string of the molecule is NCCCC[C@H](NC(=O)[C@H](Cc1c[nH]c2ccccc12)NC(=O)[C@H](Cc1c[nH]c2ccccc12)NC(=O)[C@H](CCCCN)NC(=O)[C@@H](N)CCCN=C(N)N)C(=O)O. The van der Waals surface area contributed by atoms with Gasteiger partial charge in [0.05, 0.1) is 6.04 Å². The minimum atomic E-state index is -1.25. The minimum absolute atomic E-state index is 0.00330. The Morgan fingerprint density at radius 1 is 0.603 bits per heavy atom. The number of aromatic amines is 2. The fourth-order valence-electron chi connectivity index (χ4n) is 6.72. The van der Waals surface area contributed by atoms with Crippen LogP contribution in [0.2, 0.25) is 0 Å². The molecule has 2 heterocycles. The number of guanidine groups is 1. The van der Waals surface area contributed by atoms with Gasteiger partial charge in [0.1, 0.15) is 24.2 Å². The van der Waals surface area contributed by atoms with Crippen LogP contribution in [0.5, 0.6) is 0 Å². The number of hydrogen-bond donors (Lipinski definition) is 12. The number of nitrogens with two attached hydrogens (primary N) is 5. The Balaban J connectivity index is 1.63. The van der Waals surface area contributed by atoms with E-state index in [0.29, 0.717) is 56.3 Å². The van der Waals surface area contributed by atoms with Crippen LogP contribution in [0.15, 0.2) is 65.9 Å². The highest BCUT2D eigenvalue weighted by molar-refractivity contribution is 5.96. The molecule has 0 saturated heterocycles. The molecule has 18 heteroatoms. The third-order valence-corrected chi connectivity index (χ3v) is 9.91. The second-order valence-electron chi connectivity index (χ2n) is 14.3. The number of carbonyl (C=O) groups is 5. The van der Waals surface area contributed by atoms with Crippen molar-refractivity contribution in [3.63, 3.8) is 0 Å². The average molecular weight is 803 g/mol. The molecule has 58 heavy (non-hydrogen) atoms. The largest absolute Gasteiger partial charge is 0.480 e. The van der Waals surface area contributed by atoms with Crippen LogP contribution in [0.25, 0.3) is 21.8 Å². The van der Waals surface area contributed by atoms with Gasteiger partial charge in [0.15, 0.2) is 5.96 Å². The lowest BCUT2D eigenvalue weighted by molar-refractivity contribution is -0.142. The van der Waals surface area contributed by atoms with Crippen molar-refractivity contribution in [3.8, 4) is 0 Å². The van der Waals surface area contributed by atoms with E-state index < -0.39 is 59.8 Å². The number of carbonyl (C=O) groups excluding carboxylic acids is 4. The number of fused-ring (bicyclic) bond motifs is 2. The molecular formula is C40H58N12O6. The molecule has 5 atom stereocenters. The molecule has 18 nitrogen and oxygen atoms in total. The zero-order chi connectivity index (χ0) is 42.0. The number of benzene rings is 2. The van der Waals surface area contributed by atoms with Crippen LogP contribution in [-0.4, -0.2) is 100 Å². The van der Waals surface area contributed by atoms with Gasteiger partial charge in [-0.3, -0.25) is 24.2 Å². The number of aliphatic carboxylic acids is 1. The predicted octanol–water partition coefficient (Wildman–Crippen LogP) is 0.0971. The van der Waals surface area contributed by atoms with Gasteiger partial charge in [-0.25, -0.2) is 4.79 Å². The summed E-state index contributed by atoms with van der Waals surface area (Å²) in [5.41, 5.74) is 31.3. The Kier molecular flexibility index (Phi) is 17.5. The standard InChI is InChI=1S/C40H58N12O6/c41-17-7-5-15-31(49-35(53)28(43)12-9-19-46-40(44)45)36(54)51-34(21-25-23-48-30-14-4-2-11-27(25)30)38(56)52-33(20-24-22-47-29-13-3-1-10-26(24)29)37(55)50-32(39(57)58)16-6-8-18-42/h1-4,10-11,13-14,22-23,28,31-34,47-48H,5-9,12,15-21,41-43H2,(H,49,53)(H,50,55)(H,51,54)(H,52,56)(H,57,58)(H4,44,45,46)/t28-,31-,32-,33-,34-/m0/s1. The summed E-state index contributed by atoms with van der Waals surface area (Å²) in [4.78, 5) is 78.3. The summed E-state index contributed by atoms with van der Waals surface area (Å²) >= 11 is 0. The number of unbranched alkanes of at least 4 members (excludes halogenated alkanes) is 2. The summed E-state index contributed by atoms with van der Waals surface area (Å²) in [6.45, 7) is 1.01. The van der Waals surface area contributed by atoms with Crippen LogP contribution in [0.3, 0.4) is 0 Å². The molecule has 0 aliphatic rings. The Bertz CT molecular complexity index is 2010. The smallest absolute Gasteiger partial charge is 0.326 e. The lowest BCUT2D eigenvalue weighted by atomic mass is 10.00. The number of aliphatic imine (C=N–C) groups is 1. The molecule has 0 spiro atoms. The third kappa shape index (κ3) is 13.3. The van der Waals surface area contributed by atoms with Crippen molar-refractivity contribution >= 4 is 57.4 Å². The molecule has 0 aliphatic carbocycles. The molecule has 4 amide bonds. The van der Waals surface area contributed by atoms with E-state index in [-0.39, 0.29) is 44.6 Å². The molecular weight excluding hydrogens is 745 g/mol. The highest BCUT2D eigenvalue weighted by atomic mass is 16.4. The zero-order valence-corrected chi connectivity index (χ0v) is 32.7. The maximum absolute atomic E-state index is 14.5. The molecule has 2 aromatic heterocycles. The number of nitrogens with one attached hydrogen (secondary N) is 6. The van der Waals surface area contributed by atoms with E-state index in [1.54, 1.807) is 12.4 Å². The number of H-pyrrole nitrogens is 2. The van der Waals surface area contributed by atoms with Crippen LogP contribution in [-0.2, 0) is 36.8 Å². The van der Waals surface area contributed by atoms with Crippen molar-refractivity contribution in [2.75, 3.05) is 19.6 Å². The van der Waals surface area contributed by atoms with Crippen LogP contribution in [0, 0.1) is 0 Å². The van der Waals surface area contributed by atoms with Crippen molar-refractivity contribution in [2.24, 2.45) is 33.7 Å². The van der Waals surface area contributed by atoms with Crippen LogP contribution in [0.4, 0.5) is 0 Å². The Labute approximate surface area is 336 Å².